The standard InChI is InChI=1S/2C2H3N3.H2O3/c2*1-2-4-5-3-1;1-3-2/h2*1-2H,(H,3,4,5);1-2H. The molecule has 0 amide bonds. The van der Waals surface area contributed by atoms with Crippen LogP contribution in [0.4, 0.5) is 0 Å². The molecule has 2 heterocycles. The van der Waals surface area contributed by atoms with Gasteiger partial charge in [0.2, 0.25) is 0 Å². The minimum Gasteiger partial charge on any atom is -0.221 e. The molecule has 13 heavy (non-hydrogen) atoms. The van der Waals surface area contributed by atoms with Gasteiger partial charge in [0.1, 0.15) is 0 Å². The van der Waals surface area contributed by atoms with E-state index < -0.39 is 0 Å². The van der Waals surface area contributed by atoms with Gasteiger partial charge in [-0.1, -0.05) is 5.04 Å². The lowest BCUT2D eigenvalue weighted by atomic mass is 11.0. The lowest BCUT2D eigenvalue weighted by molar-refractivity contribution is -0.465. The molecule has 0 saturated heterocycles. The monoisotopic (exact) mass is 188 g/mol. The fourth-order valence-corrected chi connectivity index (χ4v) is 0.333. The predicted molar refractivity (Wildman–Crippen MR) is 39.1 cm³/mol. The molecule has 72 valence electrons. The summed E-state index contributed by atoms with van der Waals surface area (Å²) in [6, 6.07) is 0. The molecule has 0 aromatic carbocycles. The SMILES string of the molecule is OOO.c1cn[nH]n1.c1cn[nH]n1. The number of hydrogen-bond donors (Lipinski definition) is 4. The Morgan fingerprint density at radius 3 is 1.08 bits per heavy atom. The molecule has 2 rings (SSSR count). The van der Waals surface area contributed by atoms with Crippen molar-refractivity contribution < 1.29 is 15.6 Å². The van der Waals surface area contributed by atoms with E-state index in [0.717, 1.165) is 0 Å². The van der Waals surface area contributed by atoms with Crippen molar-refractivity contribution in [2.45, 2.75) is 0 Å². The lowest BCUT2D eigenvalue weighted by Crippen LogP contribution is -1.61. The zero-order valence-corrected chi connectivity index (χ0v) is 6.40. The first kappa shape index (κ1) is 11.2. The summed E-state index contributed by atoms with van der Waals surface area (Å²) in [6.07, 6.45) is 6.33. The van der Waals surface area contributed by atoms with Crippen LogP contribution in [-0.4, -0.2) is 41.3 Å². The average molecular weight is 188 g/mol. The van der Waals surface area contributed by atoms with Crippen LogP contribution in [0.3, 0.4) is 0 Å². The van der Waals surface area contributed by atoms with Gasteiger partial charge in [0.05, 0.1) is 24.8 Å². The number of hydrogen-bond acceptors (Lipinski definition) is 7. The van der Waals surface area contributed by atoms with E-state index in [4.69, 9.17) is 10.5 Å². The zero-order valence-electron chi connectivity index (χ0n) is 6.40. The number of H-pyrrole nitrogens is 2. The first-order chi connectivity index (χ1) is 6.41. The van der Waals surface area contributed by atoms with Crippen molar-refractivity contribution in [1.29, 1.82) is 0 Å². The van der Waals surface area contributed by atoms with E-state index in [1.54, 1.807) is 24.8 Å². The van der Waals surface area contributed by atoms with Gasteiger partial charge >= 0.3 is 0 Å². The summed E-state index contributed by atoms with van der Waals surface area (Å²) in [6.45, 7) is 0. The third-order valence-corrected chi connectivity index (χ3v) is 0.662. The first-order valence-electron chi connectivity index (χ1n) is 2.96. The summed E-state index contributed by atoms with van der Waals surface area (Å²) in [5.41, 5.74) is 0. The topological polar surface area (TPSA) is 133 Å². The van der Waals surface area contributed by atoms with Crippen LogP contribution in [0.15, 0.2) is 24.8 Å². The van der Waals surface area contributed by atoms with Crippen LogP contribution in [0.1, 0.15) is 0 Å². The van der Waals surface area contributed by atoms with Crippen molar-refractivity contribution in [1.82, 2.24) is 30.8 Å². The molecular formula is C4H8N6O3. The van der Waals surface area contributed by atoms with Crippen molar-refractivity contribution in [2.24, 2.45) is 0 Å². The molecule has 2 aromatic rings. The molecule has 4 N–H and O–H groups in total. The Morgan fingerprint density at radius 2 is 1.00 bits per heavy atom. The van der Waals surface area contributed by atoms with Crippen molar-refractivity contribution in [3.8, 4) is 0 Å². The number of nitrogens with one attached hydrogen (secondary N) is 2. The number of rotatable bonds is 0. The molecule has 0 fully saturated rings. The van der Waals surface area contributed by atoms with E-state index >= 15 is 0 Å². The summed E-state index contributed by atoms with van der Waals surface area (Å²) in [7, 11) is 0. The van der Waals surface area contributed by atoms with Gasteiger partial charge < -0.3 is 0 Å². The largest absolute Gasteiger partial charge is 0.221 e. The maximum absolute atomic E-state index is 6.62. The molecule has 0 aliphatic heterocycles. The third kappa shape index (κ3) is 10.2. The van der Waals surface area contributed by atoms with Crippen molar-refractivity contribution in [3.05, 3.63) is 24.8 Å². The minimum atomic E-state index is 1.58. The van der Waals surface area contributed by atoms with E-state index in [9.17, 15) is 0 Å². The maximum Gasteiger partial charge on any atom is 0.0690 e. The van der Waals surface area contributed by atoms with E-state index in [0.29, 0.717) is 0 Å². The summed E-state index contributed by atoms with van der Waals surface area (Å²) in [4.78, 5) is 0. The van der Waals surface area contributed by atoms with Crippen molar-refractivity contribution in [3.63, 3.8) is 0 Å². The second-order valence-electron chi connectivity index (χ2n) is 1.39. The number of aromatic nitrogens is 6. The quantitative estimate of drug-likeness (QED) is 0.325. The minimum absolute atomic E-state index is 1.58. The van der Waals surface area contributed by atoms with Crippen LogP contribution in [0.2, 0.25) is 0 Å². The Labute approximate surface area is 72.2 Å². The fourth-order valence-electron chi connectivity index (χ4n) is 0.333. The van der Waals surface area contributed by atoms with E-state index in [1.807, 2.05) is 0 Å². The van der Waals surface area contributed by atoms with Gasteiger partial charge in [-0.15, -0.1) is 0 Å². The highest BCUT2D eigenvalue weighted by molar-refractivity contribution is 4.55. The highest BCUT2D eigenvalue weighted by Crippen LogP contribution is 1.56. The van der Waals surface area contributed by atoms with E-state index in [-0.39, 0.29) is 0 Å². The molecule has 0 saturated carbocycles. The molecule has 0 aliphatic carbocycles. The van der Waals surface area contributed by atoms with Crippen LogP contribution >= 0.6 is 0 Å². The molecule has 0 aliphatic rings. The van der Waals surface area contributed by atoms with Crippen molar-refractivity contribution >= 4 is 0 Å². The van der Waals surface area contributed by atoms with Gasteiger partial charge in [-0.2, -0.15) is 30.8 Å². The summed E-state index contributed by atoms with van der Waals surface area (Å²) >= 11 is 0. The van der Waals surface area contributed by atoms with Gasteiger partial charge in [0.15, 0.2) is 0 Å². The summed E-state index contributed by atoms with van der Waals surface area (Å²) in [5.74, 6) is 0. The second-order valence-corrected chi connectivity index (χ2v) is 1.39. The Balaban J connectivity index is 0.000000174. The lowest BCUT2D eigenvalue weighted by Gasteiger charge is -1.56. The van der Waals surface area contributed by atoms with Crippen LogP contribution in [0, 0.1) is 0 Å². The highest BCUT2D eigenvalue weighted by atomic mass is 17.4. The highest BCUT2D eigenvalue weighted by Gasteiger charge is 1.57. The molecule has 9 nitrogen and oxygen atoms in total. The Hall–Kier alpha value is -1.84. The third-order valence-electron chi connectivity index (χ3n) is 0.662. The molecule has 2 aromatic heterocycles. The van der Waals surface area contributed by atoms with Crippen LogP contribution in [0.25, 0.3) is 0 Å². The molecule has 0 unspecified atom stereocenters. The normalized spacial score (nSPS) is 7.54. The van der Waals surface area contributed by atoms with E-state index in [2.05, 4.69) is 35.9 Å². The summed E-state index contributed by atoms with van der Waals surface area (Å²) in [5, 5.41) is 34.2. The Bertz CT molecular complexity index is 171. The van der Waals surface area contributed by atoms with Gasteiger partial charge in [-0.3, -0.25) is 0 Å². The van der Waals surface area contributed by atoms with Crippen LogP contribution < -0.4 is 0 Å². The molecule has 9 heteroatoms. The molecule has 0 bridgehead atoms. The van der Waals surface area contributed by atoms with Gasteiger partial charge in [-0.05, 0) is 0 Å². The van der Waals surface area contributed by atoms with Gasteiger partial charge in [0, 0.05) is 0 Å². The van der Waals surface area contributed by atoms with Crippen LogP contribution in [-0.2, 0) is 5.04 Å². The Morgan fingerprint density at radius 1 is 0.769 bits per heavy atom. The Kier molecular flexibility index (Phi) is 8.72. The smallest absolute Gasteiger partial charge is 0.0690 e. The first-order valence-corrected chi connectivity index (χ1v) is 2.96. The summed E-state index contributed by atoms with van der Waals surface area (Å²) < 4.78 is 0. The fraction of sp³-hybridized carbons (Fsp3) is 0. The molecular weight excluding hydrogens is 180 g/mol. The van der Waals surface area contributed by atoms with Crippen molar-refractivity contribution in [2.75, 3.05) is 0 Å². The molecule has 0 radical (unpaired) electrons. The predicted octanol–water partition coefficient (Wildman–Crippen LogP) is -0.442. The van der Waals surface area contributed by atoms with E-state index in [1.165, 1.54) is 0 Å². The zero-order chi connectivity index (χ0) is 9.78. The van der Waals surface area contributed by atoms with Gasteiger partial charge in [-0.25, -0.2) is 10.5 Å². The second kappa shape index (κ2) is 10.2. The molecule has 0 atom stereocenters. The van der Waals surface area contributed by atoms with Gasteiger partial charge in [0.25, 0.3) is 0 Å². The number of aromatic amines is 2. The number of nitrogens with zero attached hydrogens (tertiary/aromatic N) is 4. The van der Waals surface area contributed by atoms with Crippen LogP contribution in [0.5, 0.6) is 0 Å². The molecule has 0 spiro atoms. The average Bonchev–Trinajstić information content (AvgIpc) is 2.85. The maximum atomic E-state index is 6.62.